The Bertz CT molecular complexity index is 1280. The molecule has 6 rings (SSSR count). The summed E-state index contributed by atoms with van der Waals surface area (Å²) in [4.78, 5) is 17.6. The minimum Gasteiger partial charge on any atom is -0.497 e. The monoisotopic (exact) mass is 601 g/mol. The molecular formula is C41H63NO2. The largest absolute Gasteiger partial charge is 0.497 e. The summed E-state index contributed by atoms with van der Waals surface area (Å²) in [5.74, 6) is 3.72. The first-order valence-electron chi connectivity index (χ1n) is 17.7. The minimum atomic E-state index is 0. The number of carbonyl (C=O) groups excluding carboxylic acids is 1. The molecule has 244 valence electrons. The van der Waals surface area contributed by atoms with Crippen LogP contribution in [0.2, 0.25) is 0 Å². The first kappa shape index (κ1) is 34.5. The van der Waals surface area contributed by atoms with Gasteiger partial charge in [-0.15, -0.1) is 0 Å². The molecule has 1 aromatic heterocycles. The number of ketones is 1. The summed E-state index contributed by atoms with van der Waals surface area (Å²) in [5, 5.41) is 0. The molecule has 4 aliphatic rings. The van der Waals surface area contributed by atoms with Crippen molar-refractivity contribution in [3.63, 3.8) is 0 Å². The normalized spacial score (nSPS) is 26.3. The molecule has 1 spiro atoms. The number of pyridine rings is 1. The van der Waals surface area contributed by atoms with Crippen LogP contribution < -0.4 is 4.74 Å². The van der Waals surface area contributed by atoms with E-state index in [0.717, 1.165) is 36.5 Å². The molecular weight excluding hydrogens is 538 g/mol. The second kappa shape index (κ2) is 13.9. The van der Waals surface area contributed by atoms with Crippen molar-refractivity contribution in [1.82, 2.24) is 4.98 Å². The number of ether oxygens (including phenoxy) is 1. The maximum Gasteiger partial charge on any atom is 0.163 e. The summed E-state index contributed by atoms with van der Waals surface area (Å²) in [6.07, 6.45) is 13.8. The van der Waals surface area contributed by atoms with Crippen LogP contribution in [0.5, 0.6) is 5.75 Å². The summed E-state index contributed by atoms with van der Waals surface area (Å²) in [7, 11) is 1.64. The van der Waals surface area contributed by atoms with Crippen LogP contribution in [-0.4, -0.2) is 17.9 Å². The molecule has 0 saturated heterocycles. The molecule has 1 heterocycles. The van der Waals surface area contributed by atoms with Crippen LogP contribution >= 0.6 is 0 Å². The van der Waals surface area contributed by atoms with Crippen LogP contribution in [0.25, 0.3) is 0 Å². The van der Waals surface area contributed by atoms with Gasteiger partial charge in [-0.3, -0.25) is 9.78 Å². The Kier molecular flexibility index (Phi) is 10.9. The summed E-state index contributed by atoms with van der Waals surface area (Å²) in [5.41, 5.74) is 7.43. The molecule has 0 N–H and O–H groups in total. The lowest BCUT2D eigenvalue weighted by Crippen LogP contribution is -2.42. The second-order valence-electron chi connectivity index (χ2n) is 15.7. The topological polar surface area (TPSA) is 39.2 Å². The van der Waals surface area contributed by atoms with Gasteiger partial charge < -0.3 is 4.74 Å². The van der Waals surface area contributed by atoms with Gasteiger partial charge in [-0.2, -0.15) is 0 Å². The summed E-state index contributed by atoms with van der Waals surface area (Å²) in [6.45, 7) is 22.3. The summed E-state index contributed by atoms with van der Waals surface area (Å²) >= 11 is 0. The van der Waals surface area contributed by atoms with E-state index in [-0.39, 0.29) is 7.21 Å². The molecule has 1 atom stereocenters. The average molecular weight is 602 g/mol. The first-order valence-corrected chi connectivity index (χ1v) is 17.7. The maximum absolute atomic E-state index is 12.6. The van der Waals surface area contributed by atoms with E-state index in [1.807, 2.05) is 38.1 Å². The van der Waals surface area contributed by atoms with Crippen molar-refractivity contribution in [2.75, 3.05) is 7.11 Å². The maximum atomic E-state index is 12.6. The number of fused-ring (bicyclic) bond motifs is 1. The van der Waals surface area contributed by atoms with Crippen LogP contribution in [0, 0.1) is 40.9 Å². The Morgan fingerprint density at radius 1 is 1.00 bits per heavy atom. The molecule has 0 bridgehead atoms. The Labute approximate surface area is 271 Å². The van der Waals surface area contributed by atoms with Crippen molar-refractivity contribution in [3.8, 4) is 5.75 Å². The van der Waals surface area contributed by atoms with E-state index in [9.17, 15) is 4.79 Å². The number of carbonyl (C=O) groups is 1. The molecule has 1 aromatic carbocycles. The lowest BCUT2D eigenvalue weighted by molar-refractivity contribution is -0.00755. The highest BCUT2D eigenvalue weighted by atomic mass is 16.5. The van der Waals surface area contributed by atoms with Crippen molar-refractivity contribution in [1.29, 1.82) is 0 Å². The number of Topliss-reactive ketones (excluding diaryl/α,β-unsaturated/α-hetero) is 1. The fourth-order valence-corrected chi connectivity index (χ4v) is 8.91. The average Bonchev–Trinajstić information content (AvgIpc) is 3.61. The quantitative estimate of drug-likeness (QED) is 0.253. The fraction of sp³-hybridized carbons (Fsp3) is 0.659. The van der Waals surface area contributed by atoms with E-state index >= 15 is 0 Å². The molecule has 3 saturated carbocycles. The van der Waals surface area contributed by atoms with Gasteiger partial charge in [0.1, 0.15) is 5.75 Å². The van der Waals surface area contributed by atoms with Gasteiger partial charge in [0.2, 0.25) is 0 Å². The van der Waals surface area contributed by atoms with Crippen LogP contribution in [0.3, 0.4) is 0 Å². The van der Waals surface area contributed by atoms with Crippen molar-refractivity contribution < 1.29 is 11.0 Å². The minimum absolute atomic E-state index is 0. The van der Waals surface area contributed by atoms with Crippen LogP contribution in [0.1, 0.15) is 147 Å². The number of nitrogens with zero attached hydrogens (tertiary/aromatic N) is 1. The van der Waals surface area contributed by atoms with Crippen LogP contribution in [0.4, 0.5) is 0 Å². The number of hydrogen-bond donors (Lipinski definition) is 0. The van der Waals surface area contributed by atoms with Crippen molar-refractivity contribution in [2.24, 2.45) is 34.0 Å². The molecule has 0 radical (unpaired) electrons. The van der Waals surface area contributed by atoms with Gasteiger partial charge >= 0.3 is 0 Å². The van der Waals surface area contributed by atoms with Crippen molar-refractivity contribution in [3.05, 3.63) is 71.1 Å². The highest BCUT2D eigenvalue weighted by molar-refractivity contribution is 5.96. The van der Waals surface area contributed by atoms with E-state index in [1.54, 1.807) is 7.11 Å². The predicted molar refractivity (Wildman–Crippen MR) is 188 cm³/mol. The molecule has 44 heavy (non-hydrogen) atoms. The van der Waals surface area contributed by atoms with Crippen molar-refractivity contribution in [2.45, 2.75) is 132 Å². The Morgan fingerprint density at radius 3 is 2.23 bits per heavy atom. The number of aryl methyl sites for hydroxylation is 1. The van der Waals surface area contributed by atoms with Gasteiger partial charge in [0.25, 0.3) is 0 Å². The van der Waals surface area contributed by atoms with Gasteiger partial charge in [0, 0.05) is 30.7 Å². The van der Waals surface area contributed by atoms with E-state index in [4.69, 9.17) is 9.72 Å². The zero-order chi connectivity index (χ0) is 32.3. The number of aromatic nitrogens is 1. The third-order valence-corrected chi connectivity index (χ3v) is 11.9. The van der Waals surface area contributed by atoms with Crippen LogP contribution in [0.15, 0.2) is 48.6 Å². The molecule has 0 aliphatic heterocycles. The summed E-state index contributed by atoms with van der Waals surface area (Å²) < 4.78 is 5.22. The number of allylic oxidation sites excluding steroid dienone is 1. The highest BCUT2D eigenvalue weighted by Gasteiger charge is 2.50. The van der Waals surface area contributed by atoms with Gasteiger partial charge in [0.15, 0.2) is 5.78 Å². The number of hydrogen-bond acceptors (Lipinski definition) is 3. The Balaban J connectivity index is 0.000000228. The van der Waals surface area contributed by atoms with Gasteiger partial charge in [0.05, 0.1) is 7.11 Å². The molecule has 1 unspecified atom stereocenters. The third kappa shape index (κ3) is 7.68. The predicted octanol–water partition coefficient (Wildman–Crippen LogP) is 11.6. The van der Waals surface area contributed by atoms with Gasteiger partial charge in [-0.25, -0.2) is 0 Å². The number of methoxy groups -OCH3 is 1. The molecule has 3 heteroatoms. The lowest BCUT2D eigenvalue weighted by atomic mass is 9.54. The second-order valence-corrected chi connectivity index (χ2v) is 15.7. The van der Waals surface area contributed by atoms with Gasteiger partial charge in [-0.1, -0.05) is 91.7 Å². The third-order valence-electron chi connectivity index (χ3n) is 11.9. The van der Waals surface area contributed by atoms with E-state index in [1.165, 1.54) is 67.5 Å². The molecule has 3 nitrogen and oxygen atoms in total. The van der Waals surface area contributed by atoms with Crippen LogP contribution in [-0.2, 0) is 6.42 Å². The molecule has 3 fully saturated rings. The lowest BCUT2D eigenvalue weighted by Gasteiger charge is -2.51. The standard InChI is InChI=1S/C20H30O2.C19H25N.C2H6.H2/c1-14-19(2,3)12-15(13-20(14,4)5)10-18(21)16-8-7-9-17(11-16)22-6;1-13-11-16-8-7-14(2)20-18(16)17(12-19(13)9-10-19)15-5-3-4-6-15;1-2;/h7-9,11,14-15H,10,12-13H2,1-6H3;7-8,15,17H,1,3-6,9-12H2,2H3;1-2H3;1H. The van der Waals surface area contributed by atoms with Crippen molar-refractivity contribution >= 4 is 5.78 Å². The van der Waals surface area contributed by atoms with Gasteiger partial charge in [-0.05, 0) is 116 Å². The Hall–Kier alpha value is -2.42. The number of benzene rings is 1. The van der Waals surface area contributed by atoms with E-state index in [2.05, 4.69) is 60.3 Å². The zero-order valence-corrected chi connectivity index (χ0v) is 29.5. The smallest absolute Gasteiger partial charge is 0.163 e. The highest BCUT2D eigenvalue weighted by Crippen LogP contribution is 2.61. The SMILES string of the molecule is C=C1Cc2ccc(C)nc2C(C2CCCC2)CC12CC2.CC.COc1cccc(C(=O)CC2CC(C)(C)C(C)C(C)(C)C2)c1.[HH]. The molecule has 2 aromatic rings. The van der Waals surface area contributed by atoms with E-state index < -0.39 is 0 Å². The fourth-order valence-electron chi connectivity index (χ4n) is 8.91. The molecule has 0 amide bonds. The molecule has 4 aliphatic carbocycles. The Morgan fingerprint density at radius 2 is 1.64 bits per heavy atom. The zero-order valence-electron chi connectivity index (χ0n) is 29.5. The summed E-state index contributed by atoms with van der Waals surface area (Å²) in [6, 6.07) is 12.0. The number of rotatable bonds is 5. The van der Waals surface area contributed by atoms with E-state index in [0.29, 0.717) is 40.4 Å². The first-order chi connectivity index (χ1) is 20.8.